The van der Waals surface area contributed by atoms with E-state index in [0.29, 0.717) is 22.5 Å². The van der Waals surface area contributed by atoms with Crippen LogP contribution in [0.15, 0.2) is 41.9 Å². The van der Waals surface area contributed by atoms with Crippen LogP contribution in [0.5, 0.6) is 5.88 Å². The second kappa shape index (κ2) is 9.21. The summed E-state index contributed by atoms with van der Waals surface area (Å²) in [7, 11) is 0. The molecule has 1 aromatic carbocycles. The van der Waals surface area contributed by atoms with E-state index in [-0.39, 0.29) is 0 Å². The third kappa shape index (κ3) is 5.10. The number of nitrogens with zero attached hydrogens (tertiary/aromatic N) is 2. The van der Waals surface area contributed by atoms with E-state index >= 15 is 0 Å². The molecule has 136 valence electrons. The van der Waals surface area contributed by atoms with Gasteiger partial charge in [0.2, 0.25) is 5.88 Å². The number of thiazole rings is 1. The van der Waals surface area contributed by atoms with Gasteiger partial charge in [0.25, 0.3) is 0 Å². The second-order valence-corrected chi connectivity index (χ2v) is 7.40. The number of hydrogen-bond donors (Lipinski definition) is 1. The molecule has 0 aliphatic heterocycles. The van der Waals surface area contributed by atoms with Gasteiger partial charge in [-0.05, 0) is 24.6 Å². The molecule has 0 amide bonds. The number of hydrogen-bond acceptors (Lipinski definition) is 5. The third-order valence-corrected chi connectivity index (χ3v) is 5.20. The van der Waals surface area contributed by atoms with Crippen molar-refractivity contribution in [3.05, 3.63) is 52.0 Å². The van der Waals surface area contributed by atoms with Gasteiger partial charge in [-0.3, -0.25) is 0 Å². The van der Waals surface area contributed by atoms with Crippen LogP contribution in [0, 0.1) is 0 Å². The number of ether oxygens (including phenoxy) is 1. The van der Waals surface area contributed by atoms with E-state index in [2.05, 4.69) is 22.2 Å². The standard InChI is InChI=1S/C19H19Cl2N3OS/c1-2-3-4-9-25-18-8-6-14(11-22-18)23-19-24-17(12-26-19)13-5-7-15(20)16(21)10-13/h5-8,10-12H,2-4,9H2,1H3,(H,23,24). The van der Waals surface area contributed by atoms with Gasteiger partial charge in [0.15, 0.2) is 5.13 Å². The van der Waals surface area contributed by atoms with Gasteiger partial charge in [-0.25, -0.2) is 9.97 Å². The SMILES string of the molecule is CCCCCOc1ccc(Nc2nc(-c3ccc(Cl)c(Cl)c3)cs2)cn1. The molecule has 2 heterocycles. The van der Waals surface area contributed by atoms with E-state index in [0.717, 1.165) is 28.5 Å². The van der Waals surface area contributed by atoms with Crippen molar-refractivity contribution >= 4 is 45.4 Å². The van der Waals surface area contributed by atoms with Crippen molar-refractivity contribution in [1.82, 2.24) is 9.97 Å². The Morgan fingerprint density at radius 1 is 1.12 bits per heavy atom. The summed E-state index contributed by atoms with van der Waals surface area (Å²) in [6, 6.07) is 9.28. The van der Waals surface area contributed by atoms with Crippen LogP contribution in [0.3, 0.4) is 0 Å². The first-order valence-electron chi connectivity index (χ1n) is 8.42. The fourth-order valence-electron chi connectivity index (χ4n) is 2.31. The van der Waals surface area contributed by atoms with Gasteiger partial charge in [0.05, 0.1) is 34.2 Å². The summed E-state index contributed by atoms with van der Waals surface area (Å²) in [6.45, 7) is 2.87. The molecule has 3 rings (SSSR count). The number of rotatable bonds is 8. The molecule has 7 heteroatoms. The molecule has 0 fully saturated rings. The van der Waals surface area contributed by atoms with Crippen LogP contribution in [0.1, 0.15) is 26.2 Å². The Morgan fingerprint density at radius 3 is 2.73 bits per heavy atom. The van der Waals surface area contributed by atoms with E-state index in [1.807, 2.05) is 29.6 Å². The number of unbranched alkanes of at least 4 members (excludes halogenated alkanes) is 2. The Hall–Kier alpha value is -1.82. The zero-order valence-electron chi connectivity index (χ0n) is 14.3. The zero-order chi connectivity index (χ0) is 18.4. The molecule has 3 aromatic rings. The van der Waals surface area contributed by atoms with Crippen LogP contribution < -0.4 is 10.1 Å². The third-order valence-electron chi connectivity index (χ3n) is 3.71. The lowest BCUT2D eigenvalue weighted by Crippen LogP contribution is -1.99. The highest BCUT2D eigenvalue weighted by Gasteiger charge is 2.07. The highest BCUT2D eigenvalue weighted by atomic mass is 35.5. The lowest BCUT2D eigenvalue weighted by atomic mass is 10.2. The Balaban J connectivity index is 1.61. The smallest absolute Gasteiger partial charge is 0.213 e. The van der Waals surface area contributed by atoms with Crippen LogP contribution >= 0.6 is 34.5 Å². The minimum Gasteiger partial charge on any atom is -0.478 e. The number of aromatic nitrogens is 2. The predicted molar refractivity (Wildman–Crippen MR) is 110 cm³/mol. The maximum atomic E-state index is 6.08. The lowest BCUT2D eigenvalue weighted by molar-refractivity contribution is 0.295. The molecule has 0 atom stereocenters. The van der Waals surface area contributed by atoms with Gasteiger partial charge in [0.1, 0.15) is 0 Å². The van der Waals surface area contributed by atoms with Crippen LogP contribution in [0.2, 0.25) is 10.0 Å². The van der Waals surface area contributed by atoms with E-state index < -0.39 is 0 Å². The van der Waals surface area contributed by atoms with Crippen LogP contribution in [-0.2, 0) is 0 Å². The molecule has 0 spiro atoms. The average Bonchev–Trinajstić information content (AvgIpc) is 3.11. The van der Waals surface area contributed by atoms with E-state index in [1.165, 1.54) is 24.2 Å². The largest absolute Gasteiger partial charge is 0.478 e. The Kier molecular flexibility index (Phi) is 6.72. The maximum Gasteiger partial charge on any atom is 0.213 e. The minimum atomic E-state index is 0.519. The number of benzene rings is 1. The molecule has 0 bridgehead atoms. The summed E-state index contributed by atoms with van der Waals surface area (Å²) in [4.78, 5) is 8.90. The van der Waals surface area contributed by atoms with Crippen LogP contribution in [-0.4, -0.2) is 16.6 Å². The van der Waals surface area contributed by atoms with Crippen molar-refractivity contribution < 1.29 is 4.74 Å². The van der Waals surface area contributed by atoms with Crippen molar-refractivity contribution in [2.75, 3.05) is 11.9 Å². The summed E-state index contributed by atoms with van der Waals surface area (Å²) in [5.41, 5.74) is 2.64. The molecule has 0 radical (unpaired) electrons. The summed E-state index contributed by atoms with van der Waals surface area (Å²) in [6.07, 6.45) is 5.15. The number of halogens is 2. The fraction of sp³-hybridized carbons (Fsp3) is 0.263. The van der Waals surface area contributed by atoms with Gasteiger partial charge in [-0.1, -0.05) is 49.0 Å². The minimum absolute atomic E-state index is 0.519. The first-order valence-corrected chi connectivity index (χ1v) is 10.1. The molecule has 0 saturated carbocycles. The monoisotopic (exact) mass is 407 g/mol. The van der Waals surface area contributed by atoms with Crippen molar-refractivity contribution in [1.29, 1.82) is 0 Å². The summed E-state index contributed by atoms with van der Waals surface area (Å²) < 4.78 is 5.62. The van der Waals surface area contributed by atoms with E-state index in [4.69, 9.17) is 27.9 Å². The number of nitrogens with one attached hydrogen (secondary N) is 1. The van der Waals surface area contributed by atoms with E-state index in [9.17, 15) is 0 Å². The van der Waals surface area contributed by atoms with Gasteiger partial charge >= 0.3 is 0 Å². The van der Waals surface area contributed by atoms with Crippen molar-refractivity contribution in [3.63, 3.8) is 0 Å². The predicted octanol–water partition coefficient (Wildman–Crippen LogP) is 6.82. The van der Waals surface area contributed by atoms with Gasteiger partial charge in [-0.2, -0.15) is 0 Å². The molecule has 1 N–H and O–H groups in total. The van der Waals surface area contributed by atoms with Gasteiger partial charge in [0, 0.05) is 17.0 Å². The maximum absolute atomic E-state index is 6.08. The molecule has 0 aliphatic rings. The molecule has 0 unspecified atom stereocenters. The number of pyridine rings is 1. The molecule has 4 nitrogen and oxygen atoms in total. The Morgan fingerprint density at radius 2 is 2.00 bits per heavy atom. The summed E-state index contributed by atoms with van der Waals surface area (Å²) in [5.74, 6) is 0.641. The van der Waals surface area contributed by atoms with Crippen LogP contribution in [0.25, 0.3) is 11.3 Å². The van der Waals surface area contributed by atoms with Gasteiger partial charge in [-0.15, -0.1) is 11.3 Å². The molecule has 0 aliphatic carbocycles. The highest BCUT2D eigenvalue weighted by Crippen LogP contribution is 2.31. The summed E-state index contributed by atoms with van der Waals surface area (Å²) >= 11 is 13.6. The number of anilines is 2. The average molecular weight is 408 g/mol. The van der Waals surface area contributed by atoms with Crippen LogP contribution in [0.4, 0.5) is 10.8 Å². The Labute approximate surface area is 167 Å². The first kappa shape index (κ1) is 19.0. The highest BCUT2D eigenvalue weighted by molar-refractivity contribution is 7.14. The second-order valence-electron chi connectivity index (χ2n) is 5.73. The quantitative estimate of drug-likeness (QED) is 0.415. The molecular weight excluding hydrogens is 389 g/mol. The topological polar surface area (TPSA) is 47.0 Å². The van der Waals surface area contributed by atoms with Crippen molar-refractivity contribution in [2.45, 2.75) is 26.2 Å². The molecule has 2 aromatic heterocycles. The lowest BCUT2D eigenvalue weighted by Gasteiger charge is -2.06. The molecule has 26 heavy (non-hydrogen) atoms. The fourth-order valence-corrected chi connectivity index (χ4v) is 3.35. The molecular formula is C19H19Cl2N3OS. The molecule has 0 saturated heterocycles. The van der Waals surface area contributed by atoms with Gasteiger partial charge < -0.3 is 10.1 Å². The van der Waals surface area contributed by atoms with Crippen molar-refractivity contribution in [3.8, 4) is 17.1 Å². The first-order chi connectivity index (χ1) is 12.7. The Bertz CT molecular complexity index is 852. The zero-order valence-corrected chi connectivity index (χ0v) is 16.7. The van der Waals surface area contributed by atoms with E-state index in [1.54, 1.807) is 12.3 Å². The van der Waals surface area contributed by atoms with Crippen molar-refractivity contribution in [2.24, 2.45) is 0 Å². The summed E-state index contributed by atoms with van der Waals surface area (Å²) in [5, 5.41) is 7.06. The normalized spacial score (nSPS) is 10.7.